The zero-order valence-corrected chi connectivity index (χ0v) is 19.5. The molecule has 2 aromatic rings. The number of rotatable bonds is 8. The molecule has 0 bridgehead atoms. The number of benzene rings is 2. The van der Waals surface area contributed by atoms with Crippen LogP contribution in [-0.2, 0) is 14.8 Å². The van der Waals surface area contributed by atoms with Crippen molar-refractivity contribution in [3.05, 3.63) is 53.1 Å². The van der Waals surface area contributed by atoms with Gasteiger partial charge in [0.25, 0.3) is 0 Å². The molecule has 2 N–H and O–H groups in total. The second kappa shape index (κ2) is 9.78. The van der Waals surface area contributed by atoms with Crippen molar-refractivity contribution in [2.75, 3.05) is 11.6 Å². The first-order chi connectivity index (χ1) is 13.6. The highest BCUT2D eigenvalue weighted by Gasteiger charge is 2.22. The number of aryl methyl sites for hydroxylation is 2. The van der Waals surface area contributed by atoms with Gasteiger partial charge < -0.3 is 5.32 Å². The Morgan fingerprint density at radius 1 is 1.07 bits per heavy atom. The lowest BCUT2D eigenvalue weighted by Crippen LogP contribution is -2.28. The predicted octanol–water partition coefficient (Wildman–Crippen LogP) is 5.05. The molecule has 7 heteroatoms. The van der Waals surface area contributed by atoms with Gasteiger partial charge in [0, 0.05) is 16.9 Å². The third kappa shape index (κ3) is 5.84. The standard InChI is InChI=1S/C22H30N2O3S2/c1-7-19(17-9-8-15(4)16(5)12-17)24-29(26,27)18-10-11-21(28-6)20(13-18)23-22(25)14(2)3/h8-14,19,24H,7H2,1-6H3,(H,23,25)/t19-/m1/s1. The summed E-state index contributed by atoms with van der Waals surface area (Å²) in [6.07, 6.45) is 2.52. The van der Waals surface area contributed by atoms with Gasteiger partial charge in [-0.25, -0.2) is 13.1 Å². The van der Waals surface area contributed by atoms with Crippen LogP contribution in [0.3, 0.4) is 0 Å². The molecule has 0 spiro atoms. The summed E-state index contributed by atoms with van der Waals surface area (Å²) in [6, 6.07) is 10.5. The maximum atomic E-state index is 13.1. The van der Waals surface area contributed by atoms with Gasteiger partial charge >= 0.3 is 0 Å². The van der Waals surface area contributed by atoms with Gasteiger partial charge in [-0.15, -0.1) is 11.8 Å². The highest BCUT2D eigenvalue weighted by atomic mass is 32.2. The van der Waals surface area contributed by atoms with E-state index in [2.05, 4.69) is 10.0 Å². The first-order valence-corrected chi connectivity index (χ1v) is 12.4. The van der Waals surface area contributed by atoms with E-state index in [1.807, 2.05) is 45.2 Å². The van der Waals surface area contributed by atoms with E-state index in [0.717, 1.165) is 16.0 Å². The Labute approximate surface area is 178 Å². The topological polar surface area (TPSA) is 75.3 Å². The Morgan fingerprint density at radius 3 is 2.31 bits per heavy atom. The Bertz CT molecular complexity index is 986. The summed E-state index contributed by atoms with van der Waals surface area (Å²) < 4.78 is 29.0. The van der Waals surface area contributed by atoms with E-state index in [4.69, 9.17) is 0 Å². The SMILES string of the molecule is CC[C@@H](NS(=O)(=O)c1ccc(SC)c(NC(=O)C(C)C)c1)c1ccc(C)c(C)c1. The zero-order chi connectivity index (χ0) is 21.8. The lowest BCUT2D eigenvalue weighted by Gasteiger charge is -2.19. The van der Waals surface area contributed by atoms with E-state index in [9.17, 15) is 13.2 Å². The summed E-state index contributed by atoms with van der Waals surface area (Å²) in [6.45, 7) is 9.60. The first kappa shape index (κ1) is 23.4. The second-order valence-electron chi connectivity index (χ2n) is 7.43. The van der Waals surface area contributed by atoms with Crippen molar-refractivity contribution in [3.8, 4) is 0 Å². The molecule has 0 heterocycles. The lowest BCUT2D eigenvalue weighted by atomic mass is 10.0. The van der Waals surface area contributed by atoms with Crippen molar-refractivity contribution in [2.24, 2.45) is 5.92 Å². The second-order valence-corrected chi connectivity index (χ2v) is 9.99. The van der Waals surface area contributed by atoms with Gasteiger partial charge in [-0.05, 0) is 61.4 Å². The van der Waals surface area contributed by atoms with Gasteiger partial charge in [-0.1, -0.05) is 39.0 Å². The van der Waals surface area contributed by atoms with E-state index in [1.54, 1.807) is 26.0 Å². The third-order valence-electron chi connectivity index (χ3n) is 4.90. The number of carbonyl (C=O) groups excluding carboxylic acids is 1. The molecule has 1 amide bonds. The number of carbonyl (C=O) groups is 1. The fourth-order valence-electron chi connectivity index (χ4n) is 2.85. The minimum absolute atomic E-state index is 0.136. The molecule has 0 aliphatic rings. The summed E-state index contributed by atoms with van der Waals surface area (Å²) in [7, 11) is -3.76. The quantitative estimate of drug-likeness (QED) is 0.570. The average molecular weight is 435 g/mol. The molecule has 158 valence electrons. The van der Waals surface area contributed by atoms with Crippen molar-refractivity contribution < 1.29 is 13.2 Å². The molecule has 2 rings (SSSR count). The Hall–Kier alpha value is -1.83. The predicted molar refractivity (Wildman–Crippen MR) is 121 cm³/mol. The molecule has 29 heavy (non-hydrogen) atoms. The minimum Gasteiger partial charge on any atom is -0.325 e. The zero-order valence-electron chi connectivity index (χ0n) is 17.9. The summed E-state index contributed by atoms with van der Waals surface area (Å²) in [5.41, 5.74) is 3.75. The number of sulfonamides is 1. The van der Waals surface area contributed by atoms with E-state index < -0.39 is 10.0 Å². The van der Waals surface area contributed by atoms with Crippen LogP contribution in [0.5, 0.6) is 0 Å². The van der Waals surface area contributed by atoms with Crippen LogP contribution in [0.1, 0.15) is 49.9 Å². The number of nitrogens with one attached hydrogen (secondary N) is 2. The highest BCUT2D eigenvalue weighted by molar-refractivity contribution is 7.98. The van der Waals surface area contributed by atoms with Crippen molar-refractivity contribution in [3.63, 3.8) is 0 Å². The van der Waals surface area contributed by atoms with Crippen LogP contribution in [0.2, 0.25) is 0 Å². The molecular formula is C22H30N2O3S2. The smallest absolute Gasteiger partial charge is 0.241 e. The van der Waals surface area contributed by atoms with Gasteiger partial charge in [0.05, 0.1) is 10.6 Å². The summed E-state index contributed by atoms with van der Waals surface area (Å²) in [5.74, 6) is -0.346. The molecule has 0 fully saturated rings. The molecular weight excluding hydrogens is 404 g/mol. The molecule has 0 aliphatic heterocycles. The number of amides is 1. The van der Waals surface area contributed by atoms with Crippen LogP contribution in [0, 0.1) is 19.8 Å². The van der Waals surface area contributed by atoms with Crippen molar-refractivity contribution in [1.29, 1.82) is 0 Å². The van der Waals surface area contributed by atoms with Gasteiger partial charge in [0.1, 0.15) is 0 Å². The van der Waals surface area contributed by atoms with Crippen LogP contribution in [0.25, 0.3) is 0 Å². The number of hydrogen-bond donors (Lipinski definition) is 2. The summed E-state index contributed by atoms with van der Waals surface area (Å²) in [5, 5.41) is 2.83. The molecule has 0 saturated carbocycles. The molecule has 1 atom stereocenters. The van der Waals surface area contributed by atoms with E-state index in [1.165, 1.54) is 23.4 Å². The monoisotopic (exact) mass is 434 g/mol. The fourth-order valence-corrected chi connectivity index (χ4v) is 4.72. The molecule has 0 saturated heterocycles. The molecule has 0 aliphatic carbocycles. The van der Waals surface area contributed by atoms with Gasteiger partial charge in [0.2, 0.25) is 15.9 Å². The van der Waals surface area contributed by atoms with Crippen molar-refractivity contribution >= 4 is 33.4 Å². The van der Waals surface area contributed by atoms with E-state index in [-0.39, 0.29) is 22.8 Å². The molecule has 0 radical (unpaired) electrons. The molecule has 0 aromatic heterocycles. The average Bonchev–Trinajstić information content (AvgIpc) is 2.68. The largest absolute Gasteiger partial charge is 0.325 e. The van der Waals surface area contributed by atoms with Crippen LogP contribution >= 0.6 is 11.8 Å². The summed E-state index contributed by atoms with van der Waals surface area (Å²) in [4.78, 5) is 13.1. The lowest BCUT2D eigenvalue weighted by molar-refractivity contribution is -0.118. The van der Waals surface area contributed by atoms with Crippen LogP contribution < -0.4 is 10.0 Å². The van der Waals surface area contributed by atoms with Crippen LogP contribution in [-0.4, -0.2) is 20.6 Å². The molecule has 0 unspecified atom stereocenters. The highest BCUT2D eigenvalue weighted by Crippen LogP contribution is 2.30. The molecule has 5 nitrogen and oxygen atoms in total. The van der Waals surface area contributed by atoms with Gasteiger partial charge in [0.15, 0.2) is 0 Å². The van der Waals surface area contributed by atoms with Crippen molar-refractivity contribution in [2.45, 2.75) is 56.9 Å². The van der Waals surface area contributed by atoms with E-state index in [0.29, 0.717) is 12.1 Å². The first-order valence-electron chi connectivity index (χ1n) is 9.67. The van der Waals surface area contributed by atoms with Crippen molar-refractivity contribution in [1.82, 2.24) is 4.72 Å². The Morgan fingerprint density at radius 2 is 1.76 bits per heavy atom. The van der Waals surface area contributed by atoms with Gasteiger partial charge in [-0.3, -0.25) is 4.79 Å². The third-order valence-corrected chi connectivity index (χ3v) is 7.17. The number of thioether (sulfide) groups is 1. The normalized spacial score (nSPS) is 12.8. The molecule has 2 aromatic carbocycles. The van der Waals surface area contributed by atoms with E-state index >= 15 is 0 Å². The number of anilines is 1. The Kier molecular flexibility index (Phi) is 7.91. The van der Waals surface area contributed by atoms with Crippen LogP contribution in [0.4, 0.5) is 5.69 Å². The van der Waals surface area contributed by atoms with Crippen LogP contribution in [0.15, 0.2) is 46.2 Å². The maximum absolute atomic E-state index is 13.1. The fraction of sp³-hybridized carbons (Fsp3) is 0.409. The minimum atomic E-state index is -3.76. The summed E-state index contributed by atoms with van der Waals surface area (Å²) >= 11 is 1.46. The maximum Gasteiger partial charge on any atom is 0.241 e. The number of hydrogen-bond acceptors (Lipinski definition) is 4. The van der Waals surface area contributed by atoms with Gasteiger partial charge in [-0.2, -0.15) is 0 Å². The Balaban J connectivity index is 2.35.